The molecule has 3 nitrogen and oxygen atoms in total. The van der Waals surface area contributed by atoms with Crippen molar-refractivity contribution in [3.8, 4) is 0 Å². The average Bonchev–Trinajstić information content (AvgIpc) is 2.41. The van der Waals surface area contributed by atoms with Gasteiger partial charge in [-0.05, 0) is 24.3 Å². The predicted octanol–water partition coefficient (Wildman–Crippen LogP) is 2.54. The van der Waals surface area contributed by atoms with Crippen LogP contribution in [0.1, 0.15) is 13.8 Å². The minimum Gasteiger partial charge on any atom is -0.271 e. The summed E-state index contributed by atoms with van der Waals surface area (Å²) in [6.07, 6.45) is -4.67. The maximum absolute atomic E-state index is 12.4. The molecule has 0 fully saturated rings. The first-order chi connectivity index (χ1) is 7.30. The molecule has 0 bridgehead atoms. The Labute approximate surface area is 93.5 Å². The largest absolute Gasteiger partial charge is 0.451 e. The van der Waals surface area contributed by atoms with E-state index in [9.17, 15) is 18.0 Å². The van der Waals surface area contributed by atoms with Crippen molar-refractivity contribution in [2.24, 2.45) is 15.9 Å². The molecule has 0 saturated heterocycles. The highest BCUT2D eigenvalue weighted by atomic mass is 32.2. The molecule has 16 heavy (non-hydrogen) atoms. The molecule has 1 unspecified atom stereocenters. The lowest BCUT2D eigenvalue weighted by Crippen LogP contribution is -2.31. The van der Waals surface area contributed by atoms with Gasteiger partial charge in [0, 0.05) is 0 Å². The van der Waals surface area contributed by atoms with Crippen molar-refractivity contribution >= 4 is 28.5 Å². The normalized spacial score (nSPS) is 25.6. The van der Waals surface area contributed by atoms with Crippen molar-refractivity contribution in [2.45, 2.75) is 20.0 Å². The third-order valence-corrected chi connectivity index (χ3v) is 3.59. The van der Waals surface area contributed by atoms with Gasteiger partial charge in [-0.3, -0.25) is 4.79 Å². The van der Waals surface area contributed by atoms with E-state index < -0.39 is 23.8 Å². The highest BCUT2D eigenvalue weighted by Crippen LogP contribution is 2.40. The van der Waals surface area contributed by atoms with Gasteiger partial charge in [-0.15, -0.1) is 0 Å². The molecular formula is C9H7F3N2OS. The monoisotopic (exact) mass is 248 g/mol. The van der Waals surface area contributed by atoms with Crippen molar-refractivity contribution in [1.82, 2.24) is 0 Å². The van der Waals surface area contributed by atoms with Crippen molar-refractivity contribution in [3.05, 3.63) is 10.5 Å². The lowest BCUT2D eigenvalue weighted by Gasteiger charge is -2.15. The molecule has 1 atom stereocenters. The van der Waals surface area contributed by atoms with Crippen molar-refractivity contribution in [2.75, 3.05) is 0 Å². The quantitative estimate of drug-likeness (QED) is 0.661. The van der Waals surface area contributed by atoms with Crippen LogP contribution in [0.25, 0.3) is 0 Å². The van der Waals surface area contributed by atoms with Crippen LogP contribution >= 0.6 is 11.8 Å². The Morgan fingerprint density at radius 2 is 1.88 bits per heavy atom. The summed E-state index contributed by atoms with van der Waals surface area (Å²) in [5, 5.41) is 0.183. The zero-order chi connectivity index (χ0) is 12.1. The van der Waals surface area contributed by atoms with E-state index >= 15 is 0 Å². The van der Waals surface area contributed by atoms with Crippen molar-refractivity contribution < 1.29 is 18.0 Å². The molecule has 7 heteroatoms. The van der Waals surface area contributed by atoms with E-state index in [2.05, 4.69) is 9.98 Å². The van der Waals surface area contributed by atoms with Crippen LogP contribution in [0.5, 0.6) is 0 Å². The second kappa shape index (κ2) is 3.44. The van der Waals surface area contributed by atoms with Crippen LogP contribution < -0.4 is 0 Å². The number of aliphatic imine (C=N–C) groups is 2. The van der Waals surface area contributed by atoms with Gasteiger partial charge in [0.25, 0.3) is 5.91 Å². The Kier molecular flexibility index (Phi) is 2.45. The summed E-state index contributed by atoms with van der Waals surface area (Å²) in [5.41, 5.74) is 0.735. The summed E-state index contributed by atoms with van der Waals surface area (Å²) in [5.74, 6) is -2.82. The Hall–Kier alpha value is -1.11. The number of fused-ring (bicyclic) bond motifs is 1. The van der Waals surface area contributed by atoms with Crippen molar-refractivity contribution in [3.63, 3.8) is 0 Å². The van der Waals surface area contributed by atoms with E-state index in [-0.39, 0.29) is 5.04 Å². The second-order valence-electron chi connectivity index (χ2n) is 3.50. The van der Waals surface area contributed by atoms with Crippen molar-refractivity contribution in [1.29, 1.82) is 0 Å². The second-order valence-corrected chi connectivity index (χ2v) is 4.73. The molecule has 0 aromatic heterocycles. The number of amidine groups is 1. The van der Waals surface area contributed by atoms with Crippen LogP contribution in [-0.4, -0.2) is 23.0 Å². The molecule has 0 spiro atoms. The fourth-order valence-electron chi connectivity index (χ4n) is 1.49. The molecule has 0 aromatic carbocycles. The van der Waals surface area contributed by atoms with E-state index in [0.29, 0.717) is 0 Å². The molecule has 0 aromatic rings. The van der Waals surface area contributed by atoms with Crippen LogP contribution in [-0.2, 0) is 4.79 Å². The minimum absolute atomic E-state index is 0.183. The summed E-state index contributed by atoms with van der Waals surface area (Å²) < 4.78 is 37.1. The van der Waals surface area contributed by atoms with Crippen LogP contribution in [0.2, 0.25) is 0 Å². The Morgan fingerprint density at radius 3 is 2.44 bits per heavy atom. The van der Waals surface area contributed by atoms with E-state index in [1.165, 1.54) is 0 Å². The van der Waals surface area contributed by atoms with Gasteiger partial charge in [-0.2, -0.15) is 18.2 Å². The fraction of sp³-hybridized carbons (Fsp3) is 0.444. The van der Waals surface area contributed by atoms with Gasteiger partial charge in [0.2, 0.25) is 5.84 Å². The molecule has 2 heterocycles. The van der Waals surface area contributed by atoms with Crippen LogP contribution in [0.4, 0.5) is 13.2 Å². The lowest BCUT2D eigenvalue weighted by atomic mass is 10.0. The molecule has 0 radical (unpaired) electrons. The first-order valence-electron chi connectivity index (χ1n) is 4.44. The molecule has 0 saturated carbocycles. The number of alkyl halides is 3. The SMILES string of the molecule is CC1=C(C)C2C(=O)N=C(C(F)(F)F)N=C2S1. The van der Waals surface area contributed by atoms with Gasteiger partial charge >= 0.3 is 6.18 Å². The number of nitrogens with zero attached hydrogens (tertiary/aromatic N) is 2. The number of hydrogen-bond donors (Lipinski definition) is 0. The van der Waals surface area contributed by atoms with Crippen LogP contribution in [0.3, 0.4) is 0 Å². The van der Waals surface area contributed by atoms with E-state index in [1.807, 2.05) is 0 Å². The Balaban J connectivity index is 2.42. The number of hydrogen-bond acceptors (Lipinski definition) is 3. The topological polar surface area (TPSA) is 41.8 Å². The summed E-state index contributed by atoms with van der Waals surface area (Å²) >= 11 is 1.11. The Morgan fingerprint density at radius 1 is 1.25 bits per heavy atom. The number of carbonyl (C=O) groups excluding carboxylic acids is 1. The average molecular weight is 248 g/mol. The molecule has 2 aliphatic heterocycles. The first kappa shape index (κ1) is 11.4. The van der Waals surface area contributed by atoms with Gasteiger partial charge in [0.05, 0.1) is 5.04 Å². The fourth-order valence-corrected chi connectivity index (χ4v) is 2.61. The van der Waals surface area contributed by atoms with Crippen LogP contribution in [0.15, 0.2) is 20.5 Å². The number of rotatable bonds is 0. The maximum Gasteiger partial charge on any atom is 0.451 e. The maximum atomic E-state index is 12.4. The highest BCUT2D eigenvalue weighted by molar-refractivity contribution is 8.17. The molecule has 0 aliphatic carbocycles. The number of allylic oxidation sites excluding steroid dienone is 1. The Bertz CT molecular complexity index is 462. The smallest absolute Gasteiger partial charge is 0.271 e. The zero-order valence-electron chi connectivity index (χ0n) is 8.42. The van der Waals surface area contributed by atoms with E-state index in [1.54, 1.807) is 13.8 Å². The molecule has 2 rings (SSSR count). The lowest BCUT2D eigenvalue weighted by molar-refractivity contribution is -0.119. The van der Waals surface area contributed by atoms with Gasteiger partial charge in [0.15, 0.2) is 0 Å². The molecule has 86 valence electrons. The predicted molar refractivity (Wildman–Crippen MR) is 55.4 cm³/mol. The third-order valence-electron chi connectivity index (χ3n) is 2.43. The summed E-state index contributed by atoms with van der Waals surface area (Å²) in [7, 11) is 0. The summed E-state index contributed by atoms with van der Waals surface area (Å²) in [4.78, 5) is 18.7. The number of amides is 1. The molecular weight excluding hydrogens is 241 g/mol. The standard InChI is InChI=1S/C9H7F3N2OS/c1-3-4(2)16-7-5(3)6(15)13-8(14-7)9(10,11)12/h5H,1-2H3. The summed E-state index contributed by atoms with van der Waals surface area (Å²) in [6, 6.07) is 0. The van der Waals surface area contributed by atoms with Crippen LogP contribution in [0, 0.1) is 5.92 Å². The van der Waals surface area contributed by atoms with Gasteiger partial charge in [0.1, 0.15) is 5.92 Å². The first-order valence-corrected chi connectivity index (χ1v) is 5.26. The number of thioether (sulfide) groups is 1. The number of carbonyl (C=O) groups is 1. The van der Waals surface area contributed by atoms with Gasteiger partial charge in [-0.1, -0.05) is 11.8 Å². The van der Waals surface area contributed by atoms with E-state index in [4.69, 9.17) is 0 Å². The van der Waals surface area contributed by atoms with Gasteiger partial charge < -0.3 is 0 Å². The van der Waals surface area contributed by atoms with Gasteiger partial charge in [-0.25, -0.2) is 4.99 Å². The zero-order valence-corrected chi connectivity index (χ0v) is 9.24. The summed E-state index contributed by atoms with van der Waals surface area (Å²) in [6.45, 7) is 3.46. The molecule has 0 N–H and O–H groups in total. The molecule has 2 aliphatic rings. The minimum atomic E-state index is -4.67. The highest BCUT2D eigenvalue weighted by Gasteiger charge is 2.44. The third kappa shape index (κ3) is 1.68. The van der Waals surface area contributed by atoms with E-state index in [0.717, 1.165) is 22.2 Å². The molecule has 1 amide bonds. The number of halogens is 3.